The molecule has 0 saturated carbocycles. The summed E-state index contributed by atoms with van der Waals surface area (Å²) >= 11 is 0. The van der Waals surface area contributed by atoms with Crippen LogP contribution in [-0.2, 0) is 35.1 Å². The van der Waals surface area contributed by atoms with E-state index < -0.39 is 65.2 Å². The van der Waals surface area contributed by atoms with Gasteiger partial charge in [-0.3, -0.25) is 19.2 Å². The molecule has 10 nitrogen and oxygen atoms in total. The van der Waals surface area contributed by atoms with Gasteiger partial charge in [0.2, 0.25) is 17.7 Å². The van der Waals surface area contributed by atoms with Gasteiger partial charge in [0, 0.05) is 25.6 Å². The van der Waals surface area contributed by atoms with Gasteiger partial charge in [-0.2, -0.15) is 0 Å². The fourth-order valence-electron chi connectivity index (χ4n) is 8.26. The molecule has 2 bridgehead atoms. The maximum Gasteiger partial charge on any atom is 0.313 e. The molecular formula is C41H53N3O7. The first kappa shape index (κ1) is 38.0. The Kier molecular flexibility index (Phi) is 11.6. The number of likely N-dealkylation sites (N-methyl/N-ethyl adjacent to an activating group) is 1. The molecular weight excluding hydrogens is 646 g/mol. The summed E-state index contributed by atoms with van der Waals surface area (Å²) in [5, 5.41) is 10.8. The third kappa shape index (κ3) is 7.26. The zero-order valence-electron chi connectivity index (χ0n) is 30.6. The molecule has 51 heavy (non-hydrogen) atoms. The van der Waals surface area contributed by atoms with Crippen LogP contribution in [-0.4, -0.2) is 99.1 Å². The van der Waals surface area contributed by atoms with Crippen molar-refractivity contribution in [2.75, 3.05) is 20.2 Å². The Labute approximate surface area is 302 Å². The second-order valence-electron chi connectivity index (χ2n) is 15.1. The maximum absolute atomic E-state index is 14.9. The maximum atomic E-state index is 14.9. The molecule has 274 valence electrons. The lowest BCUT2D eigenvalue weighted by Crippen LogP contribution is -2.61. The molecule has 10 heteroatoms. The zero-order chi connectivity index (χ0) is 37.1. The van der Waals surface area contributed by atoms with Crippen molar-refractivity contribution in [3.8, 4) is 0 Å². The van der Waals surface area contributed by atoms with Gasteiger partial charge in [0.05, 0.1) is 36.6 Å². The highest BCUT2D eigenvalue weighted by atomic mass is 16.6. The van der Waals surface area contributed by atoms with Crippen molar-refractivity contribution in [1.82, 2.24) is 14.7 Å². The quantitative estimate of drug-likeness (QED) is 0.208. The van der Waals surface area contributed by atoms with Crippen LogP contribution >= 0.6 is 0 Å². The van der Waals surface area contributed by atoms with Gasteiger partial charge in [0.25, 0.3) is 0 Å². The number of fused-ring (bicyclic) bond motifs is 1. The lowest BCUT2D eigenvalue weighted by atomic mass is 9.70. The summed E-state index contributed by atoms with van der Waals surface area (Å²) in [6.07, 6.45) is 3.86. The number of aliphatic hydroxyl groups is 1. The second kappa shape index (κ2) is 15.5. The first-order valence-electron chi connectivity index (χ1n) is 18.0. The number of carbonyl (C=O) groups is 4. The minimum atomic E-state index is -1.29. The summed E-state index contributed by atoms with van der Waals surface area (Å²) < 4.78 is 13.1. The molecule has 0 radical (unpaired) electrons. The SMILES string of the molecule is C=CCCC(=O)N(C)[C@@H](C)[C@@H](OC(=O)[C@@H]1[C@@H]2CC[C@]3(O2)[C@H](C(=O)N(CC=C)C(C)(C)C)N([C@@H](CO)Cc2ccccc2)C(=O)[C@@H]13)c1ccccc1. The number of amides is 3. The topological polar surface area (TPSA) is 117 Å². The standard InChI is InChI=1S/C41H53N3O7/c1-8-10-21-32(46)42(7)27(3)35(29-19-15-12-16-20-29)50-39(49)33-31-22-23-41(51-31)34(33)37(47)44(30(26-45)25-28-17-13-11-14-18-28)36(41)38(48)43(24-9-2)40(4,5)6/h8-9,11-20,27,30-31,33-36,45H,1-2,10,21-26H2,3-7H3/t27-,30+,31-,33+,34+,35+,36-,41+/m0/s1. The van der Waals surface area contributed by atoms with Crippen molar-refractivity contribution >= 4 is 23.7 Å². The molecule has 1 N–H and O–H groups in total. The zero-order valence-corrected chi connectivity index (χ0v) is 30.6. The number of allylic oxidation sites excluding steroid dienone is 1. The number of hydrogen-bond donors (Lipinski definition) is 1. The number of carbonyl (C=O) groups excluding carboxylic acids is 4. The molecule has 1 spiro atoms. The highest BCUT2D eigenvalue weighted by Gasteiger charge is 2.76. The smallest absolute Gasteiger partial charge is 0.313 e. The van der Waals surface area contributed by atoms with Crippen LogP contribution in [0.2, 0.25) is 0 Å². The Bertz CT molecular complexity index is 1590. The third-order valence-electron chi connectivity index (χ3n) is 10.9. The van der Waals surface area contributed by atoms with Crippen LogP contribution in [0.1, 0.15) is 70.6 Å². The largest absolute Gasteiger partial charge is 0.455 e. The van der Waals surface area contributed by atoms with E-state index in [9.17, 15) is 24.3 Å². The van der Waals surface area contributed by atoms with E-state index in [1.807, 2.05) is 88.4 Å². The van der Waals surface area contributed by atoms with Gasteiger partial charge >= 0.3 is 5.97 Å². The van der Waals surface area contributed by atoms with Crippen molar-refractivity contribution in [3.05, 3.63) is 97.1 Å². The fraction of sp³-hybridized carbons (Fsp3) is 0.512. The molecule has 8 atom stereocenters. The van der Waals surface area contributed by atoms with Gasteiger partial charge in [-0.05, 0) is 64.5 Å². The predicted octanol–water partition coefficient (Wildman–Crippen LogP) is 4.88. The first-order chi connectivity index (χ1) is 24.3. The monoisotopic (exact) mass is 699 g/mol. The van der Waals surface area contributed by atoms with Crippen molar-refractivity contribution in [2.24, 2.45) is 11.8 Å². The van der Waals surface area contributed by atoms with Crippen molar-refractivity contribution in [1.29, 1.82) is 0 Å². The Morgan fingerprint density at radius 2 is 1.73 bits per heavy atom. The van der Waals surface area contributed by atoms with E-state index in [-0.39, 0.29) is 31.4 Å². The van der Waals surface area contributed by atoms with E-state index in [2.05, 4.69) is 13.2 Å². The number of benzene rings is 2. The molecule has 2 aromatic rings. The predicted molar refractivity (Wildman–Crippen MR) is 194 cm³/mol. The Hall–Kier alpha value is -4.28. The molecule has 0 unspecified atom stereocenters. The molecule has 3 saturated heterocycles. The van der Waals surface area contributed by atoms with E-state index in [1.165, 1.54) is 4.90 Å². The molecule has 3 aliphatic rings. The summed E-state index contributed by atoms with van der Waals surface area (Å²) in [7, 11) is 1.69. The molecule has 0 aromatic heterocycles. The number of likely N-dealkylation sites (tertiary alicyclic amines) is 1. The number of ether oxygens (including phenoxy) is 2. The number of hydrogen-bond acceptors (Lipinski definition) is 7. The van der Waals surface area contributed by atoms with E-state index in [1.54, 1.807) is 29.0 Å². The Balaban J connectivity index is 1.53. The normalized spacial score (nSPS) is 25.5. The number of aliphatic hydroxyl groups excluding tert-OH is 1. The number of nitrogens with zero attached hydrogens (tertiary/aromatic N) is 3. The highest BCUT2D eigenvalue weighted by molar-refractivity contribution is 5.98. The summed E-state index contributed by atoms with van der Waals surface area (Å²) in [6.45, 7) is 15.1. The number of esters is 1. The average molecular weight is 700 g/mol. The number of rotatable bonds is 15. The fourth-order valence-corrected chi connectivity index (χ4v) is 8.26. The van der Waals surface area contributed by atoms with Crippen LogP contribution in [0, 0.1) is 11.8 Å². The first-order valence-corrected chi connectivity index (χ1v) is 18.0. The van der Waals surface area contributed by atoms with E-state index in [0.717, 1.165) is 5.56 Å². The van der Waals surface area contributed by atoms with Crippen molar-refractivity contribution < 1.29 is 33.8 Å². The average Bonchev–Trinajstić information content (AvgIpc) is 3.77. The molecule has 3 aliphatic heterocycles. The minimum absolute atomic E-state index is 0.110. The lowest BCUT2D eigenvalue weighted by Gasteiger charge is -2.43. The van der Waals surface area contributed by atoms with Gasteiger partial charge < -0.3 is 29.3 Å². The minimum Gasteiger partial charge on any atom is -0.455 e. The molecule has 3 heterocycles. The molecule has 3 amide bonds. The molecule has 2 aromatic carbocycles. The molecule has 0 aliphatic carbocycles. The van der Waals surface area contributed by atoms with Crippen LogP contribution in [0.15, 0.2) is 86.0 Å². The summed E-state index contributed by atoms with van der Waals surface area (Å²) in [5.74, 6) is -3.41. The van der Waals surface area contributed by atoms with E-state index >= 15 is 0 Å². The van der Waals surface area contributed by atoms with Gasteiger partial charge in [-0.1, -0.05) is 72.8 Å². The van der Waals surface area contributed by atoms with Crippen LogP contribution in [0.4, 0.5) is 0 Å². The summed E-state index contributed by atoms with van der Waals surface area (Å²) in [6, 6.07) is 16.4. The lowest BCUT2D eigenvalue weighted by molar-refractivity contribution is -0.165. The third-order valence-corrected chi connectivity index (χ3v) is 10.9. The highest BCUT2D eigenvalue weighted by Crippen LogP contribution is 2.59. The summed E-state index contributed by atoms with van der Waals surface area (Å²) in [4.78, 5) is 62.1. The Morgan fingerprint density at radius 1 is 1.08 bits per heavy atom. The van der Waals surface area contributed by atoms with Crippen molar-refractivity contribution in [3.63, 3.8) is 0 Å². The van der Waals surface area contributed by atoms with Gasteiger partial charge in [0.1, 0.15) is 17.7 Å². The van der Waals surface area contributed by atoms with Gasteiger partial charge in [-0.15, -0.1) is 13.2 Å². The van der Waals surface area contributed by atoms with Crippen LogP contribution in [0.5, 0.6) is 0 Å². The van der Waals surface area contributed by atoms with Crippen LogP contribution < -0.4 is 0 Å². The summed E-state index contributed by atoms with van der Waals surface area (Å²) in [5.41, 5.74) is -0.299. The van der Waals surface area contributed by atoms with Crippen LogP contribution in [0.3, 0.4) is 0 Å². The van der Waals surface area contributed by atoms with Crippen molar-refractivity contribution in [2.45, 2.75) is 101 Å². The second-order valence-corrected chi connectivity index (χ2v) is 15.1. The van der Waals surface area contributed by atoms with E-state index in [0.29, 0.717) is 31.2 Å². The van der Waals surface area contributed by atoms with Gasteiger partial charge in [-0.25, -0.2) is 0 Å². The Morgan fingerprint density at radius 3 is 2.31 bits per heavy atom. The van der Waals surface area contributed by atoms with Crippen LogP contribution in [0.25, 0.3) is 0 Å². The molecule has 3 fully saturated rings. The van der Waals surface area contributed by atoms with Gasteiger partial charge in [0.15, 0.2) is 0 Å². The van der Waals surface area contributed by atoms with E-state index in [4.69, 9.17) is 9.47 Å². The molecule has 5 rings (SSSR count).